The van der Waals surface area contributed by atoms with Gasteiger partial charge < -0.3 is 15.7 Å². The highest BCUT2D eigenvalue weighted by atomic mass is 16.3. The molecule has 0 spiro atoms. The fraction of sp³-hybridized carbons (Fsp3) is 0.739. The maximum atomic E-state index is 12.0. The van der Waals surface area contributed by atoms with Gasteiger partial charge in [-0.15, -0.1) is 0 Å². The highest BCUT2D eigenvalue weighted by molar-refractivity contribution is 5.75. The molecule has 7 atom stereocenters. The first-order chi connectivity index (χ1) is 13.1. The summed E-state index contributed by atoms with van der Waals surface area (Å²) in [6, 6.07) is 0.123. The third-order valence-corrected chi connectivity index (χ3v) is 8.59. The summed E-state index contributed by atoms with van der Waals surface area (Å²) in [6.07, 6.45) is 10.1. The molecule has 4 rings (SSSR count). The van der Waals surface area contributed by atoms with Crippen molar-refractivity contribution in [3.8, 4) is 0 Å². The Kier molecular flexibility index (Phi) is 4.63. The van der Waals surface area contributed by atoms with Crippen molar-refractivity contribution in [2.45, 2.75) is 72.3 Å². The lowest BCUT2D eigenvalue weighted by Gasteiger charge is -2.61. The van der Waals surface area contributed by atoms with E-state index in [1.165, 1.54) is 0 Å². The summed E-state index contributed by atoms with van der Waals surface area (Å²) in [5.41, 5.74) is 1.22. The highest BCUT2D eigenvalue weighted by Crippen LogP contribution is 2.65. The fourth-order valence-electron chi connectivity index (χ4n) is 7.21. The lowest BCUT2D eigenvalue weighted by molar-refractivity contribution is -0.127. The van der Waals surface area contributed by atoms with Gasteiger partial charge >= 0.3 is 0 Å². The Hall–Kier alpha value is -1.78. The van der Waals surface area contributed by atoms with Gasteiger partial charge in [0.15, 0.2) is 0 Å². The Morgan fingerprint density at radius 1 is 1.14 bits per heavy atom. The van der Waals surface area contributed by atoms with E-state index in [9.17, 15) is 14.7 Å². The van der Waals surface area contributed by atoms with Crippen LogP contribution in [0.3, 0.4) is 0 Å². The number of fused-ring (bicyclic) bond motifs is 5. The number of aliphatic hydroxyl groups is 1. The van der Waals surface area contributed by atoms with Crippen molar-refractivity contribution in [2.24, 2.45) is 34.5 Å². The Morgan fingerprint density at radius 3 is 2.57 bits per heavy atom. The number of allylic oxidation sites excluding steroid dienone is 4. The van der Waals surface area contributed by atoms with Gasteiger partial charge in [-0.05, 0) is 67.3 Å². The molecule has 0 radical (unpaired) electrons. The highest BCUT2D eigenvalue weighted by Gasteiger charge is 2.61. The van der Waals surface area contributed by atoms with Crippen molar-refractivity contribution in [2.75, 3.05) is 0 Å². The first-order valence-corrected chi connectivity index (χ1v) is 10.8. The minimum Gasteiger partial charge on any atom is -0.513 e. The number of aliphatic hydroxyl groups excluding tert-OH is 1. The van der Waals surface area contributed by atoms with Gasteiger partial charge in [0, 0.05) is 37.4 Å². The van der Waals surface area contributed by atoms with E-state index in [2.05, 4.69) is 36.6 Å². The molecule has 154 valence electrons. The second kappa shape index (κ2) is 6.64. The van der Waals surface area contributed by atoms with E-state index in [0.29, 0.717) is 29.4 Å². The monoisotopic (exact) mass is 386 g/mol. The maximum absolute atomic E-state index is 12.0. The van der Waals surface area contributed by atoms with Crippen LogP contribution >= 0.6 is 0 Å². The maximum Gasteiger partial charge on any atom is 0.221 e. The SMILES string of the molecule is CC(=O)NC1=CC[C@H]2[C@@H]3C(NC(C)=O)CC4C=C(O)CC[C@]4(C)[C@@H]3CC[C@]12C. The van der Waals surface area contributed by atoms with Crippen molar-refractivity contribution in [3.05, 3.63) is 23.6 Å². The zero-order valence-electron chi connectivity index (χ0n) is 17.5. The third kappa shape index (κ3) is 2.89. The molecule has 0 bridgehead atoms. The summed E-state index contributed by atoms with van der Waals surface area (Å²) in [5, 5.41) is 16.5. The molecule has 28 heavy (non-hydrogen) atoms. The third-order valence-electron chi connectivity index (χ3n) is 8.59. The van der Waals surface area contributed by atoms with E-state index in [0.717, 1.165) is 44.2 Å². The van der Waals surface area contributed by atoms with Crippen LogP contribution in [0.25, 0.3) is 0 Å². The van der Waals surface area contributed by atoms with Crippen molar-refractivity contribution >= 4 is 11.8 Å². The number of carbonyl (C=O) groups excluding carboxylic acids is 2. The van der Waals surface area contributed by atoms with Gasteiger partial charge in [-0.3, -0.25) is 9.59 Å². The summed E-state index contributed by atoms with van der Waals surface area (Å²) < 4.78 is 0. The van der Waals surface area contributed by atoms with Gasteiger partial charge in [-0.1, -0.05) is 19.9 Å². The quantitative estimate of drug-likeness (QED) is 0.675. The predicted octanol–water partition coefficient (Wildman–Crippen LogP) is 3.83. The van der Waals surface area contributed by atoms with Crippen molar-refractivity contribution in [1.82, 2.24) is 10.6 Å². The van der Waals surface area contributed by atoms with Gasteiger partial charge in [-0.2, -0.15) is 0 Å². The standard InChI is InChI=1S/C23H34N2O3/c1-13(26)24-19-12-15-11-16(28)7-9-22(15,3)18-8-10-23(4)17(21(18)19)5-6-20(23)25-14(2)27/h6,11,15,17-19,21,28H,5,7-10,12H2,1-4H3,(H,24,26)(H,25,27)/t15?,17-,18+,19?,21-,22-,23-/m0/s1. The molecular formula is C23H34N2O3. The van der Waals surface area contributed by atoms with Crippen LogP contribution in [-0.2, 0) is 9.59 Å². The number of nitrogens with one attached hydrogen (secondary N) is 2. The molecule has 0 saturated heterocycles. The summed E-state index contributed by atoms with van der Waals surface area (Å²) in [5.74, 6) is 2.21. The molecule has 4 aliphatic carbocycles. The van der Waals surface area contributed by atoms with E-state index in [-0.39, 0.29) is 28.7 Å². The van der Waals surface area contributed by atoms with Crippen LogP contribution in [0, 0.1) is 34.5 Å². The van der Waals surface area contributed by atoms with Gasteiger partial charge in [0.2, 0.25) is 11.8 Å². The van der Waals surface area contributed by atoms with Gasteiger partial charge in [0.1, 0.15) is 0 Å². The number of rotatable bonds is 2. The molecule has 2 amide bonds. The van der Waals surface area contributed by atoms with E-state index < -0.39 is 0 Å². The van der Waals surface area contributed by atoms with Crippen molar-refractivity contribution in [1.29, 1.82) is 0 Å². The molecule has 2 saturated carbocycles. The van der Waals surface area contributed by atoms with Crippen LogP contribution < -0.4 is 10.6 Å². The zero-order chi connectivity index (χ0) is 20.3. The van der Waals surface area contributed by atoms with Crippen LogP contribution in [-0.4, -0.2) is 23.0 Å². The summed E-state index contributed by atoms with van der Waals surface area (Å²) >= 11 is 0. The number of hydrogen-bond donors (Lipinski definition) is 3. The van der Waals surface area contributed by atoms with Gasteiger partial charge in [0.25, 0.3) is 0 Å². The topological polar surface area (TPSA) is 78.4 Å². The van der Waals surface area contributed by atoms with Crippen LogP contribution in [0.1, 0.15) is 66.2 Å². The molecule has 2 fully saturated rings. The molecule has 0 heterocycles. The van der Waals surface area contributed by atoms with E-state index in [1.807, 2.05) is 0 Å². The second-order valence-corrected chi connectivity index (χ2v) is 10.1. The Labute approximate surface area is 168 Å². The Bertz CT molecular complexity index is 757. The first kappa shape index (κ1) is 19.5. The van der Waals surface area contributed by atoms with Crippen molar-refractivity contribution < 1.29 is 14.7 Å². The van der Waals surface area contributed by atoms with E-state index in [1.54, 1.807) is 13.8 Å². The number of carbonyl (C=O) groups is 2. The minimum atomic E-state index is -0.0284. The molecule has 0 aromatic carbocycles. The molecule has 5 nitrogen and oxygen atoms in total. The molecule has 0 aromatic rings. The molecule has 5 heteroatoms. The zero-order valence-corrected chi connectivity index (χ0v) is 17.5. The molecule has 4 aliphatic rings. The average molecular weight is 387 g/mol. The molecule has 3 N–H and O–H groups in total. The largest absolute Gasteiger partial charge is 0.513 e. The second-order valence-electron chi connectivity index (χ2n) is 10.1. The molecule has 2 unspecified atom stereocenters. The average Bonchev–Trinajstić information content (AvgIpc) is 2.92. The Morgan fingerprint density at radius 2 is 1.89 bits per heavy atom. The van der Waals surface area contributed by atoms with Crippen LogP contribution in [0.2, 0.25) is 0 Å². The smallest absolute Gasteiger partial charge is 0.221 e. The van der Waals surface area contributed by atoms with Crippen LogP contribution in [0.5, 0.6) is 0 Å². The summed E-state index contributed by atoms with van der Waals surface area (Å²) in [4.78, 5) is 23.8. The summed E-state index contributed by atoms with van der Waals surface area (Å²) in [7, 11) is 0. The van der Waals surface area contributed by atoms with Crippen molar-refractivity contribution in [3.63, 3.8) is 0 Å². The minimum absolute atomic E-state index is 0.00257. The lowest BCUT2D eigenvalue weighted by atomic mass is 9.44. The number of hydrogen-bond acceptors (Lipinski definition) is 3. The van der Waals surface area contributed by atoms with Gasteiger partial charge in [-0.25, -0.2) is 0 Å². The lowest BCUT2D eigenvalue weighted by Crippen LogP contribution is -2.61. The van der Waals surface area contributed by atoms with Crippen LogP contribution in [0.15, 0.2) is 23.6 Å². The fourth-order valence-corrected chi connectivity index (χ4v) is 7.21. The number of amides is 2. The molecule has 0 aliphatic heterocycles. The predicted molar refractivity (Wildman–Crippen MR) is 108 cm³/mol. The normalized spacial score (nSPS) is 44.4. The first-order valence-electron chi connectivity index (χ1n) is 10.8. The Balaban J connectivity index is 1.70. The molecular weight excluding hydrogens is 352 g/mol. The van der Waals surface area contributed by atoms with E-state index >= 15 is 0 Å². The van der Waals surface area contributed by atoms with Crippen LogP contribution in [0.4, 0.5) is 0 Å². The molecule has 0 aromatic heterocycles. The summed E-state index contributed by atoms with van der Waals surface area (Å²) in [6.45, 7) is 7.89. The van der Waals surface area contributed by atoms with E-state index in [4.69, 9.17) is 0 Å². The van der Waals surface area contributed by atoms with Gasteiger partial charge in [0.05, 0.1) is 5.76 Å².